The highest BCUT2D eigenvalue weighted by Gasteiger charge is 2.34. The number of Topliss-reactive ketones (excluding diaryl/α,β-unsaturated/α-hetero) is 1. The second-order valence-corrected chi connectivity index (χ2v) is 5.83. The van der Waals surface area contributed by atoms with Gasteiger partial charge in [0.15, 0.2) is 5.78 Å². The van der Waals surface area contributed by atoms with Crippen molar-refractivity contribution in [3.05, 3.63) is 35.5 Å². The second-order valence-electron chi connectivity index (χ2n) is 4.78. The number of alkyl halides is 1. The standard InChI is InChI=1S/C14H13BrN2O2/c1-16-9-6-4-3-5-8(9)12-10(18)7-11(15)17(2)14(19)13(12)16/h3-6,11H,7H2,1-2H3. The van der Waals surface area contributed by atoms with E-state index in [1.807, 2.05) is 35.9 Å². The number of hydrogen-bond donors (Lipinski definition) is 0. The fourth-order valence-electron chi connectivity index (χ4n) is 2.61. The van der Waals surface area contributed by atoms with Crippen LogP contribution in [0.5, 0.6) is 0 Å². The number of rotatable bonds is 0. The number of halogens is 1. The molecule has 0 saturated heterocycles. The van der Waals surface area contributed by atoms with Crippen molar-refractivity contribution in [2.24, 2.45) is 7.05 Å². The molecule has 5 heteroatoms. The minimum Gasteiger partial charge on any atom is -0.339 e. The van der Waals surface area contributed by atoms with Gasteiger partial charge in [-0.1, -0.05) is 34.1 Å². The first-order chi connectivity index (χ1) is 9.02. The first-order valence-electron chi connectivity index (χ1n) is 6.04. The number of aryl methyl sites for hydroxylation is 1. The van der Waals surface area contributed by atoms with Crippen LogP contribution >= 0.6 is 15.9 Å². The SMILES string of the molecule is CN1C(=O)c2c(c3ccccc3n2C)C(=O)CC1Br. The Bertz CT molecular complexity index is 705. The van der Waals surface area contributed by atoms with Crippen LogP contribution in [0.15, 0.2) is 24.3 Å². The smallest absolute Gasteiger partial charge is 0.271 e. The molecule has 2 aromatic rings. The summed E-state index contributed by atoms with van der Waals surface area (Å²) in [4.78, 5) is 26.2. The summed E-state index contributed by atoms with van der Waals surface area (Å²) < 4.78 is 1.81. The molecule has 1 aliphatic heterocycles. The number of para-hydroxylation sites is 1. The van der Waals surface area contributed by atoms with Crippen LogP contribution in [-0.4, -0.2) is 33.2 Å². The highest BCUT2D eigenvalue weighted by molar-refractivity contribution is 9.09. The van der Waals surface area contributed by atoms with Gasteiger partial charge in [0, 0.05) is 31.4 Å². The highest BCUT2D eigenvalue weighted by Crippen LogP contribution is 2.31. The Hall–Kier alpha value is -1.62. The summed E-state index contributed by atoms with van der Waals surface area (Å²) in [6.07, 6.45) is 0.295. The van der Waals surface area contributed by atoms with E-state index in [-0.39, 0.29) is 16.6 Å². The number of ketones is 1. The average molecular weight is 321 g/mol. The van der Waals surface area contributed by atoms with Crippen LogP contribution in [0.3, 0.4) is 0 Å². The molecule has 0 spiro atoms. The third-order valence-corrected chi connectivity index (χ3v) is 4.62. The molecular formula is C14H13BrN2O2. The summed E-state index contributed by atoms with van der Waals surface area (Å²) in [5, 5.41) is 0.855. The van der Waals surface area contributed by atoms with Gasteiger partial charge in [-0.05, 0) is 6.07 Å². The summed E-state index contributed by atoms with van der Waals surface area (Å²) in [5.74, 6) is -0.118. The van der Waals surface area contributed by atoms with Crippen LogP contribution < -0.4 is 0 Å². The number of carbonyl (C=O) groups excluding carboxylic acids is 2. The summed E-state index contributed by atoms with van der Waals surface area (Å²) in [5.41, 5.74) is 1.95. The summed E-state index contributed by atoms with van der Waals surface area (Å²) in [6, 6.07) is 7.62. The van der Waals surface area contributed by atoms with E-state index in [4.69, 9.17) is 0 Å². The predicted octanol–water partition coefficient (Wildman–Crippen LogP) is 2.56. The molecule has 1 aromatic carbocycles. The van der Waals surface area contributed by atoms with Gasteiger partial charge < -0.3 is 9.47 Å². The van der Waals surface area contributed by atoms with Crippen LogP contribution in [0.25, 0.3) is 10.9 Å². The van der Waals surface area contributed by atoms with Gasteiger partial charge in [-0.2, -0.15) is 0 Å². The van der Waals surface area contributed by atoms with E-state index in [0.717, 1.165) is 10.9 Å². The zero-order valence-corrected chi connectivity index (χ0v) is 12.3. The van der Waals surface area contributed by atoms with Gasteiger partial charge in [0.05, 0.1) is 10.5 Å². The zero-order chi connectivity index (χ0) is 13.7. The van der Waals surface area contributed by atoms with Gasteiger partial charge in [0.2, 0.25) is 0 Å². The van der Waals surface area contributed by atoms with Crippen LogP contribution in [-0.2, 0) is 7.05 Å². The Balaban J connectivity index is 2.40. The van der Waals surface area contributed by atoms with Gasteiger partial charge in [-0.15, -0.1) is 0 Å². The van der Waals surface area contributed by atoms with Crippen molar-refractivity contribution in [2.75, 3.05) is 7.05 Å². The number of carbonyl (C=O) groups is 2. The first kappa shape index (κ1) is 12.4. The lowest BCUT2D eigenvalue weighted by Crippen LogP contribution is -2.33. The Labute approximate surface area is 119 Å². The third-order valence-electron chi connectivity index (χ3n) is 3.68. The van der Waals surface area contributed by atoms with Crippen LogP contribution in [0.4, 0.5) is 0 Å². The van der Waals surface area contributed by atoms with Crippen molar-refractivity contribution < 1.29 is 9.59 Å². The topological polar surface area (TPSA) is 42.3 Å². The number of nitrogens with zero attached hydrogens (tertiary/aromatic N) is 2. The van der Waals surface area contributed by atoms with Crippen molar-refractivity contribution >= 4 is 38.5 Å². The lowest BCUT2D eigenvalue weighted by atomic mass is 10.1. The van der Waals surface area contributed by atoms with Gasteiger partial charge in [-0.3, -0.25) is 9.59 Å². The second kappa shape index (κ2) is 4.20. The van der Waals surface area contributed by atoms with Crippen molar-refractivity contribution in [2.45, 2.75) is 11.4 Å². The van der Waals surface area contributed by atoms with E-state index >= 15 is 0 Å². The number of benzene rings is 1. The lowest BCUT2D eigenvalue weighted by Gasteiger charge is -2.20. The Morgan fingerprint density at radius 1 is 1.21 bits per heavy atom. The largest absolute Gasteiger partial charge is 0.339 e. The van der Waals surface area contributed by atoms with E-state index < -0.39 is 0 Å². The summed E-state index contributed by atoms with van der Waals surface area (Å²) >= 11 is 3.39. The molecule has 0 saturated carbocycles. The fraction of sp³-hybridized carbons (Fsp3) is 0.286. The molecule has 3 rings (SSSR count). The minimum absolute atomic E-state index is 0.00590. The van der Waals surface area contributed by atoms with Crippen LogP contribution in [0.1, 0.15) is 27.3 Å². The first-order valence-corrected chi connectivity index (χ1v) is 6.95. The average Bonchev–Trinajstić information content (AvgIpc) is 2.66. The number of amides is 1. The summed E-state index contributed by atoms with van der Waals surface area (Å²) in [6.45, 7) is 0. The molecule has 98 valence electrons. The maximum atomic E-state index is 12.5. The van der Waals surface area contributed by atoms with Gasteiger partial charge in [0.1, 0.15) is 5.69 Å². The molecule has 1 atom stereocenters. The number of fused-ring (bicyclic) bond motifs is 3. The Kier molecular flexibility index (Phi) is 2.74. The van der Waals surface area contributed by atoms with Crippen molar-refractivity contribution in [1.29, 1.82) is 0 Å². The predicted molar refractivity (Wildman–Crippen MR) is 76.7 cm³/mol. The molecule has 2 heterocycles. The maximum absolute atomic E-state index is 12.5. The molecule has 1 unspecified atom stereocenters. The van der Waals surface area contributed by atoms with Crippen molar-refractivity contribution in [3.8, 4) is 0 Å². The molecule has 0 N–H and O–H groups in total. The molecule has 0 bridgehead atoms. The van der Waals surface area contributed by atoms with Crippen molar-refractivity contribution in [1.82, 2.24) is 9.47 Å². The fourth-order valence-corrected chi connectivity index (χ4v) is 3.09. The van der Waals surface area contributed by atoms with E-state index in [1.165, 1.54) is 0 Å². The number of aromatic nitrogens is 1. The Morgan fingerprint density at radius 3 is 2.63 bits per heavy atom. The number of hydrogen-bond acceptors (Lipinski definition) is 2. The Morgan fingerprint density at radius 2 is 1.89 bits per heavy atom. The molecule has 4 nitrogen and oxygen atoms in total. The molecule has 19 heavy (non-hydrogen) atoms. The van der Waals surface area contributed by atoms with Gasteiger partial charge in [-0.25, -0.2) is 0 Å². The lowest BCUT2D eigenvalue weighted by molar-refractivity contribution is 0.0776. The monoisotopic (exact) mass is 320 g/mol. The molecule has 0 fully saturated rings. The summed E-state index contributed by atoms with van der Waals surface area (Å²) in [7, 11) is 3.54. The van der Waals surface area contributed by atoms with E-state index in [1.54, 1.807) is 11.9 Å². The van der Waals surface area contributed by atoms with E-state index in [9.17, 15) is 9.59 Å². The molecule has 1 aliphatic rings. The van der Waals surface area contributed by atoms with Crippen LogP contribution in [0.2, 0.25) is 0 Å². The van der Waals surface area contributed by atoms with E-state index in [2.05, 4.69) is 15.9 Å². The maximum Gasteiger partial charge on any atom is 0.271 e. The molecule has 1 aromatic heterocycles. The van der Waals surface area contributed by atoms with Crippen LogP contribution in [0, 0.1) is 0 Å². The van der Waals surface area contributed by atoms with E-state index in [0.29, 0.717) is 17.7 Å². The third kappa shape index (κ3) is 1.64. The normalized spacial score (nSPS) is 19.7. The molecular weight excluding hydrogens is 308 g/mol. The molecule has 0 aliphatic carbocycles. The molecule has 0 radical (unpaired) electrons. The molecule has 1 amide bonds. The zero-order valence-electron chi connectivity index (χ0n) is 10.7. The quantitative estimate of drug-likeness (QED) is 0.553. The highest BCUT2D eigenvalue weighted by atomic mass is 79.9. The van der Waals surface area contributed by atoms with Crippen molar-refractivity contribution in [3.63, 3.8) is 0 Å². The minimum atomic E-state index is -0.251. The van der Waals surface area contributed by atoms with Gasteiger partial charge >= 0.3 is 0 Å². The van der Waals surface area contributed by atoms with Gasteiger partial charge in [0.25, 0.3) is 5.91 Å².